The van der Waals surface area contributed by atoms with E-state index in [4.69, 9.17) is 0 Å². The molecular formula is C15H25NO. The number of hydrogen-bond donors (Lipinski definition) is 2. The summed E-state index contributed by atoms with van der Waals surface area (Å²) < 4.78 is 0. The molecule has 1 aromatic rings. The van der Waals surface area contributed by atoms with Crippen LogP contribution in [0, 0.1) is 5.92 Å². The summed E-state index contributed by atoms with van der Waals surface area (Å²) in [5.41, 5.74) is 0.238. The van der Waals surface area contributed by atoms with Crippen molar-refractivity contribution in [1.82, 2.24) is 5.32 Å². The van der Waals surface area contributed by atoms with E-state index in [0.717, 1.165) is 12.0 Å². The monoisotopic (exact) mass is 235 g/mol. The van der Waals surface area contributed by atoms with Crippen LogP contribution in [0.3, 0.4) is 0 Å². The first-order valence-corrected chi connectivity index (χ1v) is 6.45. The topological polar surface area (TPSA) is 32.3 Å². The SMILES string of the molecule is CC(C)CC(O)(CNC(C)C)c1ccccc1. The lowest BCUT2D eigenvalue weighted by Crippen LogP contribution is -2.41. The van der Waals surface area contributed by atoms with Crippen molar-refractivity contribution in [3.05, 3.63) is 35.9 Å². The summed E-state index contributed by atoms with van der Waals surface area (Å²) in [4.78, 5) is 0. The molecule has 2 N–H and O–H groups in total. The highest BCUT2D eigenvalue weighted by Crippen LogP contribution is 2.28. The number of benzene rings is 1. The minimum atomic E-state index is -0.764. The molecule has 17 heavy (non-hydrogen) atoms. The molecule has 1 aromatic carbocycles. The van der Waals surface area contributed by atoms with Gasteiger partial charge in [0, 0.05) is 12.6 Å². The molecule has 0 spiro atoms. The normalized spacial score (nSPS) is 15.2. The molecule has 1 rings (SSSR count). The van der Waals surface area contributed by atoms with Gasteiger partial charge in [0.15, 0.2) is 0 Å². The Hall–Kier alpha value is -0.860. The second-order valence-corrected chi connectivity index (χ2v) is 5.53. The van der Waals surface area contributed by atoms with Crippen molar-refractivity contribution < 1.29 is 5.11 Å². The van der Waals surface area contributed by atoms with E-state index in [-0.39, 0.29) is 0 Å². The lowest BCUT2D eigenvalue weighted by atomic mass is 9.85. The molecule has 96 valence electrons. The van der Waals surface area contributed by atoms with Crippen molar-refractivity contribution >= 4 is 0 Å². The van der Waals surface area contributed by atoms with Crippen molar-refractivity contribution in [2.45, 2.75) is 45.8 Å². The van der Waals surface area contributed by atoms with Crippen LogP contribution in [-0.2, 0) is 5.60 Å². The van der Waals surface area contributed by atoms with Crippen LogP contribution < -0.4 is 5.32 Å². The van der Waals surface area contributed by atoms with Gasteiger partial charge in [0.05, 0.1) is 0 Å². The highest BCUT2D eigenvalue weighted by molar-refractivity contribution is 5.22. The van der Waals surface area contributed by atoms with E-state index in [0.29, 0.717) is 18.5 Å². The molecule has 0 aliphatic rings. The van der Waals surface area contributed by atoms with Gasteiger partial charge in [-0.1, -0.05) is 58.0 Å². The largest absolute Gasteiger partial charge is 0.384 e. The molecule has 0 bridgehead atoms. The average Bonchev–Trinajstić information content (AvgIpc) is 2.27. The second kappa shape index (κ2) is 6.18. The van der Waals surface area contributed by atoms with Gasteiger partial charge in [0.2, 0.25) is 0 Å². The summed E-state index contributed by atoms with van der Waals surface area (Å²) in [5.74, 6) is 0.467. The predicted octanol–water partition coefficient (Wildman–Crippen LogP) is 2.92. The Morgan fingerprint density at radius 2 is 1.71 bits per heavy atom. The summed E-state index contributed by atoms with van der Waals surface area (Å²) in [6.45, 7) is 9.08. The Balaban J connectivity index is 2.85. The van der Waals surface area contributed by atoms with E-state index in [1.807, 2.05) is 30.3 Å². The Morgan fingerprint density at radius 3 is 2.18 bits per heavy atom. The first-order valence-electron chi connectivity index (χ1n) is 6.45. The third-order valence-corrected chi connectivity index (χ3v) is 2.86. The molecule has 2 heteroatoms. The Bertz CT molecular complexity index is 321. The van der Waals surface area contributed by atoms with Gasteiger partial charge in [-0.25, -0.2) is 0 Å². The standard InChI is InChI=1S/C15H25NO/c1-12(2)10-15(17,11-16-13(3)4)14-8-6-5-7-9-14/h5-9,12-13,16-17H,10-11H2,1-4H3. The maximum Gasteiger partial charge on any atom is 0.102 e. The smallest absolute Gasteiger partial charge is 0.102 e. The van der Waals surface area contributed by atoms with Gasteiger partial charge in [-0.2, -0.15) is 0 Å². The van der Waals surface area contributed by atoms with Crippen molar-refractivity contribution in [1.29, 1.82) is 0 Å². The number of hydrogen-bond acceptors (Lipinski definition) is 2. The fourth-order valence-corrected chi connectivity index (χ4v) is 2.09. The minimum absolute atomic E-state index is 0.386. The molecule has 2 nitrogen and oxygen atoms in total. The van der Waals surface area contributed by atoms with Gasteiger partial charge >= 0.3 is 0 Å². The fourth-order valence-electron chi connectivity index (χ4n) is 2.09. The van der Waals surface area contributed by atoms with Crippen LogP contribution >= 0.6 is 0 Å². The van der Waals surface area contributed by atoms with Crippen LogP contribution in [0.4, 0.5) is 0 Å². The molecule has 1 atom stereocenters. The van der Waals surface area contributed by atoms with Gasteiger partial charge in [0.25, 0.3) is 0 Å². The molecule has 0 saturated heterocycles. The molecule has 0 aliphatic heterocycles. The second-order valence-electron chi connectivity index (χ2n) is 5.53. The molecular weight excluding hydrogens is 210 g/mol. The van der Waals surface area contributed by atoms with E-state index < -0.39 is 5.60 Å². The Kier molecular flexibility index (Phi) is 5.16. The summed E-state index contributed by atoms with van der Waals surface area (Å²) in [7, 11) is 0. The molecule has 1 unspecified atom stereocenters. The van der Waals surface area contributed by atoms with Crippen molar-refractivity contribution in [2.75, 3.05) is 6.54 Å². The summed E-state index contributed by atoms with van der Waals surface area (Å²) in [6.07, 6.45) is 0.775. The highest BCUT2D eigenvalue weighted by Gasteiger charge is 2.29. The molecule has 0 heterocycles. The van der Waals surface area contributed by atoms with Gasteiger partial charge in [0.1, 0.15) is 5.60 Å². The van der Waals surface area contributed by atoms with Gasteiger partial charge < -0.3 is 10.4 Å². The number of nitrogens with one attached hydrogen (secondary N) is 1. The maximum atomic E-state index is 10.8. The van der Waals surface area contributed by atoms with Crippen LogP contribution in [0.1, 0.15) is 39.7 Å². The zero-order valence-corrected chi connectivity index (χ0v) is 11.4. The van der Waals surface area contributed by atoms with Gasteiger partial charge in [-0.15, -0.1) is 0 Å². The third kappa shape index (κ3) is 4.49. The summed E-state index contributed by atoms with van der Waals surface area (Å²) in [6, 6.07) is 10.3. The predicted molar refractivity (Wildman–Crippen MR) is 72.9 cm³/mol. The quantitative estimate of drug-likeness (QED) is 0.794. The van der Waals surface area contributed by atoms with Crippen LogP contribution in [0.5, 0.6) is 0 Å². The van der Waals surface area contributed by atoms with E-state index in [2.05, 4.69) is 33.0 Å². The molecule has 0 fully saturated rings. The average molecular weight is 235 g/mol. The molecule has 0 amide bonds. The van der Waals surface area contributed by atoms with Crippen LogP contribution in [0.2, 0.25) is 0 Å². The number of rotatable bonds is 6. The van der Waals surface area contributed by atoms with E-state index in [9.17, 15) is 5.11 Å². The fraction of sp³-hybridized carbons (Fsp3) is 0.600. The highest BCUT2D eigenvalue weighted by atomic mass is 16.3. The minimum Gasteiger partial charge on any atom is -0.384 e. The van der Waals surface area contributed by atoms with Crippen molar-refractivity contribution in [2.24, 2.45) is 5.92 Å². The zero-order chi connectivity index (χ0) is 12.9. The van der Waals surface area contributed by atoms with Gasteiger partial charge in [-0.05, 0) is 17.9 Å². The lowest BCUT2D eigenvalue weighted by Gasteiger charge is -2.31. The van der Waals surface area contributed by atoms with Crippen LogP contribution in [0.15, 0.2) is 30.3 Å². The Morgan fingerprint density at radius 1 is 1.12 bits per heavy atom. The van der Waals surface area contributed by atoms with Crippen molar-refractivity contribution in [3.63, 3.8) is 0 Å². The van der Waals surface area contributed by atoms with E-state index in [1.54, 1.807) is 0 Å². The third-order valence-electron chi connectivity index (χ3n) is 2.86. The van der Waals surface area contributed by atoms with E-state index in [1.165, 1.54) is 0 Å². The van der Waals surface area contributed by atoms with Crippen LogP contribution in [0.25, 0.3) is 0 Å². The first kappa shape index (κ1) is 14.2. The molecule has 0 saturated carbocycles. The Labute approximate surface area is 105 Å². The molecule has 0 radical (unpaired) electrons. The lowest BCUT2D eigenvalue weighted by molar-refractivity contribution is 0.0141. The van der Waals surface area contributed by atoms with Crippen LogP contribution in [-0.4, -0.2) is 17.7 Å². The zero-order valence-electron chi connectivity index (χ0n) is 11.4. The molecule has 0 aliphatic carbocycles. The van der Waals surface area contributed by atoms with Crippen molar-refractivity contribution in [3.8, 4) is 0 Å². The maximum absolute atomic E-state index is 10.8. The summed E-state index contributed by atoms with van der Waals surface area (Å²) >= 11 is 0. The van der Waals surface area contributed by atoms with E-state index >= 15 is 0 Å². The molecule has 0 aromatic heterocycles. The number of aliphatic hydroxyl groups is 1. The van der Waals surface area contributed by atoms with Gasteiger partial charge in [-0.3, -0.25) is 0 Å². The first-order chi connectivity index (χ1) is 7.94. The summed E-state index contributed by atoms with van der Waals surface area (Å²) in [5, 5.41) is 14.2.